The average Bonchev–Trinajstić information content (AvgIpc) is 3.18. The Morgan fingerprint density at radius 1 is 1.25 bits per heavy atom. The van der Waals surface area contributed by atoms with Crippen LogP contribution in [0.15, 0.2) is 49.0 Å². The number of nitrogens with two attached hydrogens (primary N) is 1. The molecule has 2 heterocycles. The first-order valence-corrected chi connectivity index (χ1v) is 9.23. The van der Waals surface area contributed by atoms with Gasteiger partial charge < -0.3 is 19.7 Å². The minimum absolute atomic E-state index is 0.0508. The summed E-state index contributed by atoms with van der Waals surface area (Å²) in [6, 6.07) is 3.23. The SMILES string of the molecule is COC(=O)c1occc1COc1cc(-n2c(=O)cc(C(F)(F)F)n(N)c2=O)c(F)cc1Br. The van der Waals surface area contributed by atoms with Crippen molar-refractivity contribution in [3.8, 4) is 11.4 Å². The Balaban J connectivity index is 2.05. The summed E-state index contributed by atoms with van der Waals surface area (Å²) in [6.45, 7) is -0.270. The third kappa shape index (κ3) is 4.26. The number of hydrogen-bond donors (Lipinski definition) is 1. The highest BCUT2D eigenvalue weighted by Crippen LogP contribution is 2.31. The lowest BCUT2D eigenvalue weighted by atomic mass is 10.2. The zero-order chi connectivity index (χ0) is 23.8. The predicted molar refractivity (Wildman–Crippen MR) is 103 cm³/mol. The van der Waals surface area contributed by atoms with E-state index in [1.54, 1.807) is 0 Å². The van der Waals surface area contributed by atoms with Crippen molar-refractivity contribution in [3.05, 3.63) is 78.7 Å². The van der Waals surface area contributed by atoms with E-state index in [0.29, 0.717) is 0 Å². The summed E-state index contributed by atoms with van der Waals surface area (Å²) in [5, 5.41) is 0. The van der Waals surface area contributed by atoms with Crippen molar-refractivity contribution >= 4 is 21.9 Å². The molecule has 0 aliphatic carbocycles. The van der Waals surface area contributed by atoms with E-state index in [-0.39, 0.29) is 43.5 Å². The molecule has 14 heteroatoms. The van der Waals surface area contributed by atoms with Crippen LogP contribution in [0.25, 0.3) is 5.69 Å². The van der Waals surface area contributed by atoms with E-state index in [4.69, 9.17) is 15.0 Å². The van der Waals surface area contributed by atoms with E-state index in [1.165, 1.54) is 12.3 Å². The summed E-state index contributed by atoms with van der Waals surface area (Å²) in [7, 11) is 1.14. The van der Waals surface area contributed by atoms with Gasteiger partial charge in [-0.2, -0.15) is 13.2 Å². The molecule has 0 aliphatic heterocycles. The molecule has 0 fully saturated rings. The van der Waals surface area contributed by atoms with Crippen molar-refractivity contribution < 1.29 is 36.2 Å². The maximum absolute atomic E-state index is 14.5. The van der Waals surface area contributed by atoms with Gasteiger partial charge in [-0.05, 0) is 28.1 Å². The van der Waals surface area contributed by atoms with E-state index < -0.39 is 40.6 Å². The van der Waals surface area contributed by atoms with Crippen LogP contribution in [0.5, 0.6) is 5.75 Å². The fraction of sp³-hybridized carbons (Fsp3) is 0.167. The van der Waals surface area contributed by atoms with Crippen LogP contribution in [-0.4, -0.2) is 22.3 Å². The fourth-order valence-electron chi connectivity index (χ4n) is 2.67. The van der Waals surface area contributed by atoms with Gasteiger partial charge in [0.2, 0.25) is 5.76 Å². The molecular formula is C18H12BrF4N3O6. The van der Waals surface area contributed by atoms with Gasteiger partial charge in [0.1, 0.15) is 18.2 Å². The summed E-state index contributed by atoms with van der Waals surface area (Å²) < 4.78 is 68.4. The molecule has 0 aliphatic rings. The molecule has 0 bridgehead atoms. The minimum Gasteiger partial charge on any atom is -0.487 e. The Bertz CT molecular complexity index is 1310. The molecule has 9 nitrogen and oxygen atoms in total. The highest BCUT2D eigenvalue weighted by molar-refractivity contribution is 9.10. The Kier molecular flexibility index (Phi) is 6.16. The summed E-state index contributed by atoms with van der Waals surface area (Å²) in [6.07, 6.45) is -3.87. The second kappa shape index (κ2) is 8.53. The number of ether oxygens (including phenoxy) is 2. The number of nitrogen functional groups attached to an aromatic ring is 1. The van der Waals surface area contributed by atoms with Crippen molar-refractivity contribution in [2.45, 2.75) is 12.8 Å². The number of hydrogen-bond acceptors (Lipinski definition) is 7. The van der Waals surface area contributed by atoms with Gasteiger partial charge in [0.15, 0.2) is 5.69 Å². The number of aromatic nitrogens is 2. The largest absolute Gasteiger partial charge is 0.487 e. The summed E-state index contributed by atoms with van der Waals surface area (Å²) in [4.78, 5) is 36.2. The van der Waals surface area contributed by atoms with Crippen molar-refractivity contribution in [1.82, 2.24) is 9.24 Å². The third-order valence-corrected chi connectivity index (χ3v) is 4.79. The van der Waals surface area contributed by atoms with Gasteiger partial charge in [-0.25, -0.2) is 23.2 Å². The number of nitrogens with zero attached hydrogens (tertiary/aromatic N) is 2. The third-order valence-electron chi connectivity index (χ3n) is 4.17. The average molecular weight is 522 g/mol. The number of alkyl halides is 3. The van der Waals surface area contributed by atoms with Crippen molar-refractivity contribution in [2.75, 3.05) is 13.0 Å². The van der Waals surface area contributed by atoms with Crippen LogP contribution in [0.3, 0.4) is 0 Å². The Labute approximate surface area is 183 Å². The van der Waals surface area contributed by atoms with E-state index in [0.717, 1.165) is 19.2 Å². The summed E-state index contributed by atoms with van der Waals surface area (Å²) >= 11 is 3.04. The van der Waals surface area contributed by atoms with E-state index in [1.807, 2.05) is 0 Å². The molecule has 3 rings (SSSR count). The Morgan fingerprint density at radius 2 is 1.94 bits per heavy atom. The van der Waals surface area contributed by atoms with Crippen LogP contribution in [0.4, 0.5) is 17.6 Å². The molecule has 0 spiro atoms. The smallest absolute Gasteiger partial charge is 0.433 e. The van der Waals surface area contributed by atoms with Gasteiger partial charge >= 0.3 is 17.8 Å². The minimum atomic E-state index is -5.08. The molecule has 1 aromatic carbocycles. The van der Waals surface area contributed by atoms with Gasteiger partial charge in [-0.15, -0.1) is 0 Å². The molecule has 0 amide bonds. The molecule has 0 atom stereocenters. The highest BCUT2D eigenvalue weighted by Gasteiger charge is 2.36. The van der Waals surface area contributed by atoms with Crippen LogP contribution >= 0.6 is 15.9 Å². The quantitative estimate of drug-likeness (QED) is 0.311. The predicted octanol–water partition coefficient (Wildman–Crippen LogP) is 2.59. The molecule has 2 N–H and O–H groups in total. The highest BCUT2D eigenvalue weighted by atomic mass is 79.9. The maximum Gasteiger partial charge on any atom is 0.433 e. The number of methoxy groups -OCH3 is 1. The van der Waals surface area contributed by atoms with Crippen molar-refractivity contribution in [3.63, 3.8) is 0 Å². The van der Waals surface area contributed by atoms with E-state index in [9.17, 15) is 31.9 Å². The van der Waals surface area contributed by atoms with E-state index in [2.05, 4.69) is 20.7 Å². The molecule has 0 saturated carbocycles. The summed E-state index contributed by atoms with van der Waals surface area (Å²) in [5.74, 6) is 3.04. The standard InChI is InChI=1S/C18H12BrF4N3O6/c1-30-16(28)15-8(2-3-31-15)7-32-12-5-11(10(20)4-9(12)19)25-14(27)6-13(18(21,22)23)26(24)17(25)29/h2-6H,7,24H2,1H3. The number of furan rings is 1. The molecule has 0 unspecified atom stereocenters. The molecule has 3 aromatic rings. The Hall–Kier alpha value is -3.55. The monoisotopic (exact) mass is 521 g/mol. The lowest BCUT2D eigenvalue weighted by Crippen LogP contribution is -2.45. The number of benzene rings is 1. The van der Waals surface area contributed by atoms with Gasteiger partial charge in [0.05, 0.1) is 23.5 Å². The lowest BCUT2D eigenvalue weighted by molar-refractivity contribution is -0.143. The number of carbonyl (C=O) groups is 1. The van der Waals surface area contributed by atoms with Crippen molar-refractivity contribution in [1.29, 1.82) is 0 Å². The van der Waals surface area contributed by atoms with Gasteiger partial charge in [0, 0.05) is 17.7 Å². The van der Waals surface area contributed by atoms with Crippen LogP contribution in [0.2, 0.25) is 0 Å². The van der Waals surface area contributed by atoms with Crippen LogP contribution < -0.4 is 21.8 Å². The van der Waals surface area contributed by atoms with Crippen LogP contribution in [-0.2, 0) is 17.5 Å². The van der Waals surface area contributed by atoms with Gasteiger partial charge in [-0.3, -0.25) is 4.79 Å². The molecular weight excluding hydrogens is 510 g/mol. The number of rotatable bonds is 5. The fourth-order valence-corrected chi connectivity index (χ4v) is 3.10. The van der Waals surface area contributed by atoms with Gasteiger partial charge in [-0.1, -0.05) is 0 Å². The molecule has 2 aromatic heterocycles. The molecule has 170 valence electrons. The summed E-state index contributed by atoms with van der Waals surface area (Å²) in [5.41, 5.74) is -5.22. The number of esters is 1. The first kappa shape index (κ1) is 23.1. The second-order valence-electron chi connectivity index (χ2n) is 6.14. The van der Waals surface area contributed by atoms with E-state index >= 15 is 0 Å². The topological polar surface area (TPSA) is 119 Å². The normalized spacial score (nSPS) is 11.4. The van der Waals surface area contributed by atoms with Gasteiger partial charge in [0.25, 0.3) is 5.56 Å². The Morgan fingerprint density at radius 3 is 2.56 bits per heavy atom. The van der Waals surface area contributed by atoms with Crippen LogP contribution in [0, 0.1) is 5.82 Å². The molecule has 32 heavy (non-hydrogen) atoms. The maximum atomic E-state index is 14.5. The van der Waals surface area contributed by atoms with Crippen molar-refractivity contribution in [2.24, 2.45) is 0 Å². The molecule has 0 saturated heterocycles. The number of halogens is 5. The first-order chi connectivity index (χ1) is 15.0. The zero-order valence-electron chi connectivity index (χ0n) is 15.9. The first-order valence-electron chi connectivity index (χ1n) is 8.44. The second-order valence-corrected chi connectivity index (χ2v) is 7.00. The lowest BCUT2D eigenvalue weighted by Gasteiger charge is -2.15. The molecule has 0 radical (unpaired) electrons. The zero-order valence-corrected chi connectivity index (χ0v) is 17.5. The number of carbonyl (C=O) groups excluding carboxylic acids is 1. The van der Waals surface area contributed by atoms with Crippen LogP contribution in [0.1, 0.15) is 21.8 Å².